The van der Waals surface area contributed by atoms with E-state index in [1.54, 1.807) is 4.90 Å². The molecule has 0 saturated carbocycles. The van der Waals surface area contributed by atoms with Gasteiger partial charge < -0.3 is 5.32 Å². The van der Waals surface area contributed by atoms with Crippen LogP contribution in [0.5, 0.6) is 0 Å². The van der Waals surface area contributed by atoms with Crippen molar-refractivity contribution in [1.82, 2.24) is 4.90 Å². The zero-order valence-electron chi connectivity index (χ0n) is 15.9. The number of nitrogens with one attached hydrogen (secondary N) is 1. The van der Waals surface area contributed by atoms with E-state index in [0.29, 0.717) is 16.7 Å². The van der Waals surface area contributed by atoms with Gasteiger partial charge in [-0.15, -0.1) is 0 Å². The van der Waals surface area contributed by atoms with E-state index in [4.69, 9.17) is 0 Å². The first-order valence-electron chi connectivity index (χ1n) is 9.22. The minimum Gasteiger partial charge on any atom is -0.325 e. The number of hydrogen-bond donors (Lipinski definition) is 1. The first-order chi connectivity index (χ1) is 13.9. The van der Waals surface area contributed by atoms with E-state index in [1.807, 2.05) is 62.4 Å². The maximum absolute atomic E-state index is 13.0. The number of carbonyl (C=O) groups excluding carboxylic acids is 2. The molecule has 148 valence electrons. The molecule has 2 heterocycles. The fourth-order valence-electron chi connectivity index (χ4n) is 3.16. The SMILES string of the molecule is CC(C)[C@@H]1N=C2c3ccccc3N=C(SCC(=O)Nc3ccc(Br)cc3)N2C1=O. The average molecular weight is 471 g/mol. The lowest BCUT2D eigenvalue weighted by Crippen LogP contribution is -2.42. The van der Waals surface area contributed by atoms with Crippen molar-refractivity contribution in [2.24, 2.45) is 15.9 Å². The Bertz CT molecular complexity index is 1030. The predicted octanol–water partition coefficient (Wildman–Crippen LogP) is 4.44. The minimum atomic E-state index is -0.432. The molecule has 0 aliphatic carbocycles. The Morgan fingerprint density at radius 2 is 1.93 bits per heavy atom. The number of rotatable bonds is 4. The number of fused-ring (bicyclic) bond motifs is 3. The van der Waals surface area contributed by atoms with E-state index in [9.17, 15) is 9.59 Å². The number of benzene rings is 2. The van der Waals surface area contributed by atoms with Crippen molar-refractivity contribution < 1.29 is 9.59 Å². The van der Waals surface area contributed by atoms with E-state index >= 15 is 0 Å². The van der Waals surface area contributed by atoms with E-state index in [2.05, 4.69) is 31.2 Å². The van der Waals surface area contributed by atoms with Gasteiger partial charge in [0, 0.05) is 15.7 Å². The number of hydrogen-bond acceptors (Lipinski definition) is 5. The van der Waals surface area contributed by atoms with Gasteiger partial charge in [0.15, 0.2) is 5.17 Å². The molecule has 8 heteroatoms. The third-order valence-electron chi connectivity index (χ3n) is 4.59. The van der Waals surface area contributed by atoms with Crippen molar-refractivity contribution in [3.63, 3.8) is 0 Å². The molecule has 2 aromatic rings. The van der Waals surface area contributed by atoms with Gasteiger partial charge in [-0.05, 0) is 42.3 Å². The number of amidine groups is 2. The fourth-order valence-corrected chi connectivity index (χ4v) is 4.23. The van der Waals surface area contributed by atoms with Gasteiger partial charge in [-0.1, -0.05) is 53.7 Å². The summed E-state index contributed by atoms with van der Waals surface area (Å²) in [5.74, 6) is 0.587. The van der Waals surface area contributed by atoms with Crippen LogP contribution < -0.4 is 5.32 Å². The van der Waals surface area contributed by atoms with Crippen molar-refractivity contribution in [2.45, 2.75) is 19.9 Å². The molecule has 0 spiro atoms. The Morgan fingerprint density at radius 1 is 1.21 bits per heavy atom. The molecular formula is C21H19BrN4O2S. The van der Waals surface area contributed by atoms with E-state index in [0.717, 1.165) is 15.7 Å². The molecule has 1 N–H and O–H groups in total. The van der Waals surface area contributed by atoms with Crippen LogP contribution in [0.1, 0.15) is 19.4 Å². The van der Waals surface area contributed by atoms with Gasteiger partial charge in [-0.3, -0.25) is 14.6 Å². The van der Waals surface area contributed by atoms with E-state index in [1.165, 1.54) is 11.8 Å². The van der Waals surface area contributed by atoms with Crippen LogP contribution in [0, 0.1) is 5.92 Å². The second-order valence-corrected chi connectivity index (χ2v) is 8.93. The summed E-state index contributed by atoms with van der Waals surface area (Å²) in [5, 5.41) is 3.34. The number of thioether (sulfide) groups is 1. The number of carbonyl (C=O) groups is 2. The lowest BCUT2D eigenvalue weighted by molar-refractivity contribution is -0.125. The second kappa shape index (κ2) is 8.12. The van der Waals surface area contributed by atoms with Crippen LogP contribution in [0.15, 0.2) is 63.0 Å². The number of amides is 2. The van der Waals surface area contributed by atoms with Gasteiger partial charge in [0.05, 0.1) is 11.4 Å². The lowest BCUT2D eigenvalue weighted by atomic mass is 10.1. The molecule has 0 unspecified atom stereocenters. The topological polar surface area (TPSA) is 74.1 Å². The van der Waals surface area contributed by atoms with Crippen LogP contribution in [-0.2, 0) is 9.59 Å². The highest BCUT2D eigenvalue weighted by atomic mass is 79.9. The van der Waals surface area contributed by atoms with Crippen molar-refractivity contribution >= 4 is 61.9 Å². The third-order valence-corrected chi connectivity index (χ3v) is 6.06. The number of para-hydroxylation sites is 1. The summed E-state index contributed by atoms with van der Waals surface area (Å²) < 4.78 is 0.944. The largest absolute Gasteiger partial charge is 0.325 e. The molecular weight excluding hydrogens is 452 g/mol. The highest BCUT2D eigenvalue weighted by Gasteiger charge is 2.42. The Labute approximate surface area is 181 Å². The molecule has 6 nitrogen and oxygen atoms in total. The zero-order valence-corrected chi connectivity index (χ0v) is 18.3. The van der Waals surface area contributed by atoms with Gasteiger partial charge in [0.1, 0.15) is 11.9 Å². The molecule has 0 fully saturated rings. The molecule has 0 saturated heterocycles. The van der Waals surface area contributed by atoms with Crippen LogP contribution in [0.3, 0.4) is 0 Å². The Balaban J connectivity index is 1.54. The van der Waals surface area contributed by atoms with Gasteiger partial charge in [-0.25, -0.2) is 9.89 Å². The number of aliphatic imine (C=N–C) groups is 2. The second-order valence-electron chi connectivity index (χ2n) is 7.07. The molecule has 2 amide bonds. The van der Waals surface area contributed by atoms with Crippen molar-refractivity contribution in [2.75, 3.05) is 11.1 Å². The number of nitrogens with zero attached hydrogens (tertiary/aromatic N) is 3. The smallest absolute Gasteiger partial charge is 0.259 e. The molecule has 4 rings (SSSR count). The van der Waals surface area contributed by atoms with Crippen molar-refractivity contribution in [3.05, 3.63) is 58.6 Å². The predicted molar refractivity (Wildman–Crippen MR) is 121 cm³/mol. The fraction of sp³-hybridized carbons (Fsp3) is 0.238. The van der Waals surface area contributed by atoms with Crippen LogP contribution >= 0.6 is 27.7 Å². The number of halogens is 1. The van der Waals surface area contributed by atoms with Gasteiger partial charge >= 0.3 is 0 Å². The van der Waals surface area contributed by atoms with Gasteiger partial charge in [0.25, 0.3) is 5.91 Å². The molecule has 0 radical (unpaired) electrons. The molecule has 2 aromatic carbocycles. The third kappa shape index (κ3) is 4.00. The first-order valence-corrected chi connectivity index (χ1v) is 11.0. The molecule has 1 atom stereocenters. The molecule has 0 aromatic heterocycles. The highest BCUT2D eigenvalue weighted by molar-refractivity contribution is 9.10. The quantitative estimate of drug-likeness (QED) is 0.717. The summed E-state index contributed by atoms with van der Waals surface area (Å²) in [5.41, 5.74) is 2.32. The summed E-state index contributed by atoms with van der Waals surface area (Å²) in [6.45, 7) is 3.96. The molecule has 2 aliphatic heterocycles. The van der Waals surface area contributed by atoms with Gasteiger partial charge in [-0.2, -0.15) is 0 Å². The van der Waals surface area contributed by atoms with Crippen LogP contribution in [0.25, 0.3) is 0 Å². The normalized spacial score (nSPS) is 17.6. The average Bonchev–Trinajstić information content (AvgIpc) is 3.06. The Kier molecular flexibility index (Phi) is 5.56. The zero-order chi connectivity index (χ0) is 20.5. The summed E-state index contributed by atoms with van der Waals surface area (Å²) in [4.78, 5) is 36.3. The summed E-state index contributed by atoms with van der Waals surface area (Å²) >= 11 is 4.61. The number of anilines is 1. The maximum atomic E-state index is 13.0. The van der Waals surface area contributed by atoms with Gasteiger partial charge in [0.2, 0.25) is 5.91 Å². The summed E-state index contributed by atoms with van der Waals surface area (Å²) in [6.07, 6.45) is 0. The van der Waals surface area contributed by atoms with Crippen LogP contribution in [-0.4, -0.2) is 39.5 Å². The van der Waals surface area contributed by atoms with Crippen LogP contribution in [0.4, 0.5) is 11.4 Å². The monoisotopic (exact) mass is 470 g/mol. The minimum absolute atomic E-state index is 0.0831. The molecule has 0 bridgehead atoms. The highest BCUT2D eigenvalue weighted by Crippen LogP contribution is 2.34. The lowest BCUT2D eigenvalue weighted by Gasteiger charge is -2.25. The standard InChI is InChI=1S/C21H19BrN4O2S/c1-12(2)18-20(28)26-19(25-18)15-5-3-4-6-16(15)24-21(26)29-11-17(27)23-14-9-7-13(22)8-10-14/h3-10,12,18H,11H2,1-2H3,(H,23,27)/t18-/m0/s1. The Morgan fingerprint density at radius 3 is 2.66 bits per heavy atom. The summed E-state index contributed by atoms with van der Waals surface area (Å²) in [6, 6.07) is 14.6. The van der Waals surface area contributed by atoms with Crippen LogP contribution in [0.2, 0.25) is 0 Å². The van der Waals surface area contributed by atoms with E-state index < -0.39 is 6.04 Å². The molecule has 2 aliphatic rings. The molecule has 29 heavy (non-hydrogen) atoms. The van der Waals surface area contributed by atoms with Crippen molar-refractivity contribution in [3.8, 4) is 0 Å². The maximum Gasteiger partial charge on any atom is 0.259 e. The van der Waals surface area contributed by atoms with Crippen molar-refractivity contribution in [1.29, 1.82) is 0 Å². The summed E-state index contributed by atoms with van der Waals surface area (Å²) in [7, 11) is 0. The first kappa shape index (κ1) is 19.8. The van der Waals surface area contributed by atoms with E-state index in [-0.39, 0.29) is 23.5 Å². The Hall–Kier alpha value is -2.45.